The van der Waals surface area contributed by atoms with Gasteiger partial charge in [-0.05, 0) is 68.3 Å². The quantitative estimate of drug-likeness (QED) is 0.648. The number of carbonyl (C=O) groups is 2. The number of halogens is 1. The standard InChI is InChI=1S/C21H18FN3O2S/c1-12-18(28-21(23-12)14-4-6-15(22)7-5-14)20(27)25-17-10-8-16(9-11-17)24-19(26)13-2-3-13/h4-11,13H,2-3H2,1H3,(H,24,26)(H,25,27). The Labute approximate surface area is 165 Å². The molecule has 28 heavy (non-hydrogen) atoms. The van der Waals surface area contributed by atoms with Crippen LogP contribution in [0.2, 0.25) is 0 Å². The van der Waals surface area contributed by atoms with Gasteiger partial charge in [0, 0.05) is 22.9 Å². The van der Waals surface area contributed by atoms with Crippen LogP contribution in [0.3, 0.4) is 0 Å². The number of nitrogens with one attached hydrogen (secondary N) is 2. The van der Waals surface area contributed by atoms with Crippen LogP contribution in [-0.4, -0.2) is 16.8 Å². The number of carbonyl (C=O) groups excluding carboxylic acids is 2. The van der Waals surface area contributed by atoms with E-state index in [9.17, 15) is 14.0 Å². The Kier molecular flexibility index (Phi) is 4.92. The summed E-state index contributed by atoms with van der Waals surface area (Å²) in [5.74, 6) is -0.376. The summed E-state index contributed by atoms with van der Waals surface area (Å²) in [6.07, 6.45) is 1.90. The van der Waals surface area contributed by atoms with Crippen molar-refractivity contribution in [3.05, 3.63) is 64.9 Å². The first kappa shape index (κ1) is 18.3. The van der Waals surface area contributed by atoms with Gasteiger partial charge in [-0.15, -0.1) is 11.3 Å². The summed E-state index contributed by atoms with van der Waals surface area (Å²) in [5.41, 5.74) is 2.73. The Balaban J connectivity index is 1.44. The van der Waals surface area contributed by atoms with Gasteiger partial charge >= 0.3 is 0 Å². The fraction of sp³-hybridized carbons (Fsp3) is 0.190. The van der Waals surface area contributed by atoms with Crippen molar-refractivity contribution in [1.82, 2.24) is 4.98 Å². The smallest absolute Gasteiger partial charge is 0.267 e. The molecule has 0 saturated heterocycles. The summed E-state index contributed by atoms with van der Waals surface area (Å²) in [7, 11) is 0. The van der Waals surface area contributed by atoms with E-state index in [1.807, 2.05) is 0 Å². The van der Waals surface area contributed by atoms with Gasteiger partial charge in [0.2, 0.25) is 5.91 Å². The van der Waals surface area contributed by atoms with Crippen LogP contribution < -0.4 is 10.6 Å². The lowest BCUT2D eigenvalue weighted by Crippen LogP contribution is -2.14. The van der Waals surface area contributed by atoms with Gasteiger partial charge in [0.05, 0.1) is 5.69 Å². The van der Waals surface area contributed by atoms with Crippen LogP contribution in [0.1, 0.15) is 28.2 Å². The zero-order valence-corrected chi connectivity index (χ0v) is 16.0. The zero-order chi connectivity index (χ0) is 19.7. The molecule has 0 radical (unpaired) electrons. The molecule has 2 N–H and O–H groups in total. The third-order valence-corrected chi connectivity index (χ3v) is 5.66. The van der Waals surface area contributed by atoms with E-state index in [4.69, 9.17) is 0 Å². The van der Waals surface area contributed by atoms with Gasteiger partial charge in [-0.2, -0.15) is 0 Å². The molecular formula is C21H18FN3O2S. The van der Waals surface area contributed by atoms with Gasteiger partial charge in [0.15, 0.2) is 0 Å². The Hall–Kier alpha value is -3.06. The number of amides is 2. The van der Waals surface area contributed by atoms with Crippen molar-refractivity contribution in [3.63, 3.8) is 0 Å². The van der Waals surface area contributed by atoms with E-state index in [2.05, 4.69) is 15.6 Å². The van der Waals surface area contributed by atoms with Crippen molar-refractivity contribution in [2.45, 2.75) is 19.8 Å². The summed E-state index contributed by atoms with van der Waals surface area (Å²) >= 11 is 1.26. The highest BCUT2D eigenvalue weighted by Crippen LogP contribution is 2.31. The highest BCUT2D eigenvalue weighted by Gasteiger charge is 2.29. The number of benzene rings is 2. The van der Waals surface area contributed by atoms with E-state index in [0.29, 0.717) is 27.0 Å². The predicted molar refractivity (Wildman–Crippen MR) is 108 cm³/mol. The predicted octanol–water partition coefficient (Wildman–Crippen LogP) is 4.86. The lowest BCUT2D eigenvalue weighted by Gasteiger charge is -2.07. The lowest BCUT2D eigenvalue weighted by atomic mass is 10.2. The van der Waals surface area contributed by atoms with Crippen LogP contribution in [0.4, 0.5) is 15.8 Å². The lowest BCUT2D eigenvalue weighted by molar-refractivity contribution is -0.117. The first-order chi connectivity index (χ1) is 13.5. The van der Waals surface area contributed by atoms with E-state index >= 15 is 0 Å². The third-order valence-electron chi connectivity index (χ3n) is 4.45. The van der Waals surface area contributed by atoms with Crippen LogP contribution in [0, 0.1) is 18.7 Å². The zero-order valence-electron chi connectivity index (χ0n) is 15.2. The molecule has 142 valence electrons. The van der Waals surface area contributed by atoms with E-state index in [1.165, 1.54) is 23.5 Å². The summed E-state index contributed by atoms with van der Waals surface area (Å²) in [6.45, 7) is 1.77. The number of aryl methyl sites for hydroxylation is 1. The molecule has 4 rings (SSSR count). The van der Waals surface area contributed by atoms with Crippen molar-refractivity contribution < 1.29 is 14.0 Å². The van der Waals surface area contributed by atoms with Crippen LogP contribution in [0.25, 0.3) is 10.6 Å². The Morgan fingerprint density at radius 1 is 1.00 bits per heavy atom. The molecule has 7 heteroatoms. The molecule has 1 fully saturated rings. The van der Waals surface area contributed by atoms with E-state index in [1.54, 1.807) is 43.3 Å². The molecule has 0 unspecified atom stereocenters. The highest BCUT2D eigenvalue weighted by atomic mass is 32.1. The van der Waals surface area contributed by atoms with Crippen molar-refractivity contribution in [3.8, 4) is 10.6 Å². The maximum Gasteiger partial charge on any atom is 0.267 e. The van der Waals surface area contributed by atoms with Crippen molar-refractivity contribution in [2.75, 3.05) is 10.6 Å². The SMILES string of the molecule is Cc1nc(-c2ccc(F)cc2)sc1C(=O)Nc1ccc(NC(=O)C2CC2)cc1. The first-order valence-electron chi connectivity index (χ1n) is 8.95. The second-order valence-electron chi connectivity index (χ2n) is 6.74. The summed E-state index contributed by atoms with van der Waals surface area (Å²) in [4.78, 5) is 29.3. The minimum Gasteiger partial charge on any atom is -0.326 e. The summed E-state index contributed by atoms with van der Waals surface area (Å²) in [5, 5.41) is 6.38. The van der Waals surface area contributed by atoms with E-state index in [0.717, 1.165) is 18.4 Å². The number of nitrogens with zero attached hydrogens (tertiary/aromatic N) is 1. The average molecular weight is 395 g/mol. The monoisotopic (exact) mass is 395 g/mol. The van der Waals surface area contributed by atoms with Crippen LogP contribution in [0.15, 0.2) is 48.5 Å². The van der Waals surface area contributed by atoms with E-state index in [-0.39, 0.29) is 23.5 Å². The second-order valence-corrected chi connectivity index (χ2v) is 7.73. The molecule has 1 heterocycles. The average Bonchev–Trinajstić information content (AvgIpc) is 3.46. The Morgan fingerprint density at radius 3 is 2.21 bits per heavy atom. The number of hydrogen-bond donors (Lipinski definition) is 2. The maximum atomic E-state index is 13.1. The van der Waals surface area contributed by atoms with Gasteiger partial charge in [-0.3, -0.25) is 9.59 Å². The fourth-order valence-corrected chi connectivity index (χ4v) is 3.70. The van der Waals surface area contributed by atoms with Crippen molar-refractivity contribution in [1.29, 1.82) is 0 Å². The number of rotatable bonds is 5. The Bertz CT molecular complexity index is 1020. The fourth-order valence-electron chi connectivity index (χ4n) is 2.74. The number of aromatic nitrogens is 1. The van der Waals surface area contributed by atoms with Crippen LogP contribution in [0.5, 0.6) is 0 Å². The molecule has 3 aromatic rings. The molecule has 1 aliphatic rings. The molecule has 0 bridgehead atoms. The molecule has 2 aromatic carbocycles. The van der Waals surface area contributed by atoms with Gasteiger partial charge in [-0.1, -0.05) is 0 Å². The number of hydrogen-bond acceptors (Lipinski definition) is 4. The van der Waals surface area contributed by atoms with Crippen LogP contribution >= 0.6 is 11.3 Å². The minimum absolute atomic E-state index is 0.0467. The van der Waals surface area contributed by atoms with Gasteiger partial charge in [0.1, 0.15) is 15.7 Å². The first-order valence-corrected chi connectivity index (χ1v) is 9.77. The number of thiazole rings is 1. The highest BCUT2D eigenvalue weighted by molar-refractivity contribution is 7.17. The molecule has 0 spiro atoms. The minimum atomic E-state index is -0.313. The maximum absolute atomic E-state index is 13.1. The van der Waals surface area contributed by atoms with Gasteiger partial charge < -0.3 is 10.6 Å². The molecule has 1 saturated carbocycles. The summed E-state index contributed by atoms with van der Waals surface area (Å²) in [6, 6.07) is 13.0. The molecule has 0 atom stereocenters. The van der Waals surface area contributed by atoms with Crippen molar-refractivity contribution >= 4 is 34.5 Å². The third kappa shape index (κ3) is 4.09. The Morgan fingerprint density at radius 2 is 1.61 bits per heavy atom. The molecule has 1 aromatic heterocycles. The van der Waals surface area contributed by atoms with E-state index < -0.39 is 0 Å². The normalized spacial score (nSPS) is 13.2. The van der Waals surface area contributed by atoms with Crippen molar-refractivity contribution in [2.24, 2.45) is 5.92 Å². The molecule has 2 amide bonds. The molecule has 0 aliphatic heterocycles. The topological polar surface area (TPSA) is 71.1 Å². The molecule has 1 aliphatic carbocycles. The van der Waals surface area contributed by atoms with Crippen LogP contribution in [-0.2, 0) is 4.79 Å². The van der Waals surface area contributed by atoms with Gasteiger partial charge in [-0.25, -0.2) is 9.37 Å². The molecular weight excluding hydrogens is 377 g/mol. The number of anilines is 2. The second kappa shape index (κ2) is 7.52. The summed E-state index contributed by atoms with van der Waals surface area (Å²) < 4.78 is 13.1. The van der Waals surface area contributed by atoms with Gasteiger partial charge in [0.25, 0.3) is 5.91 Å². The largest absolute Gasteiger partial charge is 0.326 e. The molecule has 5 nitrogen and oxygen atoms in total.